The molecule has 0 aliphatic carbocycles. The highest BCUT2D eigenvalue weighted by Gasteiger charge is 2.34. The van der Waals surface area contributed by atoms with Gasteiger partial charge in [0.15, 0.2) is 93.4 Å². The SMILES string of the molecule is COc1cc(C(O)C(CO)OC)ccc1OC(CO)C(O)c1cc(OC)c(OC(CO)C(O)c2cc(OC)c(OC)c(-c3cc(C(O)C(CO)Oc4ccc(C(O)C(CO)Oc5c(OC)cc(C)cc5OC)cc4OC)cc(OC)c3OC)c2)c(OC)c1. The molecule has 482 valence electrons. The van der Waals surface area contributed by atoms with Crippen LogP contribution in [0.3, 0.4) is 0 Å². The number of aryl methyl sites for hydroxylation is 1. The van der Waals surface area contributed by atoms with Gasteiger partial charge in [0, 0.05) is 18.2 Å². The fourth-order valence-electron chi connectivity index (χ4n) is 9.77. The minimum absolute atomic E-state index is 0.0259. The zero-order valence-corrected chi connectivity index (χ0v) is 51.0. The van der Waals surface area contributed by atoms with E-state index < -0.39 is 94.1 Å². The predicted octanol–water partition coefficient (Wildman–Crippen LogP) is 4.68. The van der Waals surface area contributed by atoms with Crippen molar-refractivity contribution in [3.8, 4) is 91.6 Å². The second kappa shape index (κ2) is 32.3. The van der Waals surface area contributed by atoms with Crippen LogP contribution >= 0.6 is 0 Å². The van der Waals surface area contributed by atoms with E-state index in [-0.39, 0.29) is 102 Å². The number of aliphatic hydroxyl groups excluding tert-OH is 10. The van der Waals surface area contributed by atoms with E-state index in [1.54, 1.807) is 12.1 Å². The first kappa shape index (κ1) is 69.2. The monoisotopic (exact) mass is 1240 g/mol. The van der Waals surface area contributed by atoms with Gasteiger partial charge in [-0.2, -0.15) is 0 Å². The summed E-state index contributed by atoms with van der Waals surface area (Å²) in [5.41, 5.74) is 2.24. The van der Waals surface area contributed by atoms with Crippen molar-refractivity contribution >= 4 is 0 Å². The van der Waals surface area contributed by atoms with Gasteiger partial charge in [-0.25, -0.2) is 0 Å². The Hall–Kier alpha value is -7.92. The van der Waals surface area contributed by atoms with E-state index >= 15 is 0 Å². The Bertz CT molecular complexity index is 3160. The molecule has 6 aromatic carbocycles. The molecule has 0 heterocycles. The molecule has 88 heavy (non-hydrogen) atoms. The zero-order chi connectivity index (χ0) is 64.5. The maximum atomic E-state index is 12.2. The van der Waals surface area contributed by atoms with Gasteiger partial charge in [0.25, 0.3) is 0 Å². The number of methoxy groups -OCH3 is 11. The molecule has 0 aromatic heterocycles. The van der Waals surface area contributed by atoms with Gasteiger partial charge in [0.05, 0.1) is 104 Å². The smallest absolute Gasteiger partial charge is 0.204 e. The number of hydrogen-bond donors (Lipinski definition) is 10. The highest BCUT2D eigenvalue weighted by Crippen LogP contribution is 2.50. The average Bonchev–Trinajstić information content (AvgIpc) is 1.20. The van der Waals surface area contributed by atoms with Gasteiger partial charge >= 0.3 is 0 Å². The number of aliphatic hydroxyl groups is 10. The number of rotatable bonds is 35. The van der Waals surface area contributed by atoms with Crippen molar-refractivity contribution in [1.82, 2.24) is 0 Å². The topological polar surface area (TPSA) is 341 Å². The van der Waals surface area contributed by atoms with Crippen molar-refractivity contribution < 1.29 is 122 Å². The minimum Gasteiger partial charge on any atom is -0.493 e. The van der Waals surface area contributed by atoms with Crippen LogP contribution in [0.15, 0.2) is 84.9 Å². The normalized spacial score (nSPS) is 14.8. The van der Waals surface area contributed by atoms with Crippen LogP contribution in [0.4, 0.5) is 0 Å². The third-order valence-corrected chi connectivity index (χ3v) is 14.5. The molecule has 0 saturated carbocycles. The van der Waals surface area contributed by atoms with Gasteiger partial charge < -0.3 is 122 Å². The summed E-state index contributed by atoms with van der Waals surface area (Å²) in [5.74, 6) is 1.51. The van der Waals surface area contributed by atoms with E-state index in [0.717, 1.165) is 5.56 Å². The van der Waals surface area contributed by atoms with E-state index in [0.29, 0.717) is 17.1 Å². The summed E-state index contributed by atoms with van der Waals surface area (Å²) < 4.78 is 86.7. The van der Waals surface area contributed by atoms with Gasteiger partial charge in [-0.1, -0.05) is 12.1 Å². The Morgan fingerprint density at radius 2 is 0.534 bits per heavy atom. The predicted molar refractivity (Wildman–Crippen MR) is 317 cm³/mol. The van der Waals surface area contributed by atoms with Crippen molar-refractivity contribution in [1.29, 1.82) is 0 Å². The van der Waals surface area contributed by atoms with Crippen LogP contribution in [0.5, 0.6) is 80.5 Å². The molecule has 10 N–H and O–H groups in total. The summed E-state index contributed by atoms with van der Waals surface area (Å²) in [6, 6.07) is 21.0. The second-order valence-electron chi connectivity index (χ2n) is 19.7. The molecule has 0 fully saturated rings. The molecular formula is C63H80O25. The highest BCUT2D eigenvalue weighted by atomic mass is 16.6. The molecule has 6 aromatic rings. The van der Waals surface area contributed by atoms with Crippen molar-refractivity contribution in [2.24, 2.45) is 0 Å². The van der Waals surface area contributed by atoms with Crippen LogP contribution in [-0.2, 0) is 4.74 Å². The molecular weight excluding hydrogens is 1160 g/mol. The third kappa shape index (κ3) is 15.3. The standard InChI is InChI=1S/C63H80O25/c1-32-17-44(76-4)62(45(18-32)77-5)87-53(30-67)56(70)34-14-16-41(43(22-34)75-3)85-51(28-65)57(71)35-19-38(60(83-11)46(23-35)78-6)39-20-36(24-47(79-7)61(39)84-12)58(72)54(31-68)88-63-48(80-8)25-37(26-49(63)81-9)59(73)52(29-66)86-40-15-13-33(21-42(40)74-2)55(69)50(27-64)82-10/h13-26,50-59,64-73H,27-31H2,1-12H3. The first-order valence-electron chi connectivity index (χ1n) is 27.4. The van der Waals surface area contributed by atoms with Crippen LogP contribution in [-0.4, -0.2) is 193 Å². The Morgan fingerprint density at radius 3 is 0.830 bits per heavy atom. The molecule has 0 aliphatic heterocycles. The average molecular weight is 1240 g/mol. The molecule has 0 radical (unpaired) electrons. The third-order valence-electron chi connectivity index (χ3n) is 14.5. The van der Waals surface area contributed by atoms with Gasteiger partial charge in [0.1, 0.15) is 36.6 Å². The van der Waals surface area contributed by atoms with Crippen molar-refractivity contribution in [2.45, 2.75) is 68.0 Å². The Morgan fingerprint density at radius 1 is 0.273 bits per heavy atom. The van der Waals surface area contributed by atoms with Crippen LogP contribution in [0.25, 0.3) is 11.1 Å². The molecule has 10 atom stereocenters. The van der Waals surface area contributed by atoms with Crippen molar-refractivity contribution in [2.75, 3.05) is 111 Å². The van der Waals surface area contributed by atoms with E-state index in [4.69, 9.17) is 71.1 Å². The minimum atomic E-state index is -1.67. The van der Waals surface area contributed by atoms with Crippen LogP contribution in [0.1, 0.15) is 63.9 Å². The molecule has 0 bridgehead atoms. The molecule has 0 aliphatic rings. The maximum absolute atomic E-state index is 12.2. The summed E-state index contributed by atoms with van der Waals surface area (Å²) in [7, 11) is 15.1. The summed E-state index contributed by atoms with van der Waals surface area (Å²) in [6.45, 7) is -1.47. The lowest BCUT2D eigenvalue weighted by Gasteiger charge is -2.28. The van der Waals surface area contributed by atoms with Crippen molar-refractivity contribution in [3.05, 3.63) is 118 Å². The molecule has 6 rings (SSSR count). The quantitative estimate of drug-likeness (QED) is 0.0258. The van der Waals surface area contributed by atoms with E-state index in [1.165, 1.54) is 151 Å². The molecule has 10 unspecified atom stereocenters. The van der Waals surface area contributed by atoms with E-state index in [9.17, 15) is 51.1 Å². The number of benzene rings is 6. The summed E-state index contributed by atoms with van der Waals surface area (Å²) in [4.78, 5) is 0. The second-order valence-corrected chi connectivity index (χ2v) is 19.7. The Balaban J connectivity index is 1.30. The Kier molecular flexibility index (Phi) is 25.4. The molecule has 0 spiro atoms. The molecule has 25 heteroatoms. The first-order chi connectivity index (χ1) is 42.4. The van der Waals surface area contributed by atoms with Crippen LogP contribution < -0.4 is 66.3 Å². The molecule has 25 nitrogen and oxygen atoms in total. The summed E-state index contributed by atoms with van der Waals surface area (Å²) in [5, 5.41) is 111. The maximum Gasteiger partial charge on any atom is 0.204 e. The van der Waals surface area contributed by atoms with E-state index in [1.807, 2.05) is 6.92 Å². The lowest BCUT2D eigenvalue weighted by molar-refractivity contribution is -0.0425. The van der Waals surface area contributed by atoms with Crippen LogP contribution in [0.2, 0.25) is 0 Å². The zero-order valence-electron chi connectivity index (χ0n) is 51.0. The largest absolute Gasteiger partial charge is 0.493 e. The highest BCUT2D eigenvalue weighted by molar-refractivity contribution is 5.82. The fraction of sp³-hybridized carbons (Fsp3) is 0.429. The van der Waals surface area contributed by atoms with Gasteiger partial charge in [-0.3, -0.25) is 0 Å². The summed E-state index contributed by atoms with van der Waals surface area (Å²) in [6.07, 6.45) is -13.8. The van der Waals surface area contributed by atoms with Gasteiger partial charge in [0.2, 0.25) is 11.5 Å². The van der Waals surface area contributed by atoms with Gasteiger partial charge in [-0.05, 0) is 113 Å². The lowest BCUT2D eigenvalue weighted by atomic mass is 9.93. The molecule has 0 amide bonds. The summed E-state index contributed by atoms with van der Waals surface area (Å²) >= 11 is 0. The first-order valence-corrected chi connectivity index (χ1v) is 27.4. The van der Waals surface area contributed by atoms with E-state index in [2.05, 4.69) is 0 Å². The van der Waals surface area contributed by atoms with Crippen LogP contribution in [0, 0.1) is 6.92 Å². The van der Waals surface area contributed by atoms with Gasteiger partial charge in [-0.15, -0.1) is 0 Å². The fourth-order valence-corrected chi connectivity index (χ4v) is 9.77. The Labute approximate surface area is 509 Å². The lowest BCUT2D eigenvalue weighted by Crippen LogP contribution is -2.30. The van der Waals surface area contributed by atoms with Crippen molar-refractivity contribution in [3.63, 3.8) is 0 Å². The molecule has 0 saturated heterocycles. The number of ether oxygens (including phenoxy) is 15. The number of hydrogen-bond acceptors (Lipinski definition) is 25.